The van der Waals surface area contributed by atoms with E-state index in [-0.39, 0.29) is 12.1 Å². The van der Waals surface area contributed by atoms with Crippen LogP contribution in [0.1, 0.15) is 65.2 Å². The molecule has 1 aliphatic carbocycles. The minimum Gasteiger partial charge on any atom is -0.480 e. The van der Waals surface area contributed by atoms with Gasteiger partial charge in [-0.3, -0.25) is 0 Å². The summed E-state index contributed by atoms with van der Waals surface area (Å²) in [5, 5.41) is 12.5. The summed E-state index contributed by atoms with van der Waals surface area (Å²) in [6.07, 6.45) is 7.09. The van der Waals surface area contributed by atoms with Gasteiger partial charge in [0.25, 0.3) is 0 Å². The van der Waals surface area contributed by atoms with Crippen LogP contribution >= 0.6 is 0 Å². The highest BCUT2D eigenvalue weighted by atomic mass is 16.4. The first kappa shape index (κ1) is 16.1. The third-order valence-corrected chi connectivity index (χ3v) is 5.35. The van der Waals surface area contributed by atoms with Crippen LogP contribution in [0.2, 0.25) is 0 Å². The Morgan fingerprint density at radius 1 is 1.10 bits per heavy atom. The van der Waals surface area contributed by atoms with E-state index in [1.165, 1.54) is 0 Å². The predicted molar refractivity (Wildman–Crippen MR) is 81.2 cm³/mol. The van der Waals surface area contributed by atoms with Gasteiger partial charge in [0.1, 0.15) is 5.54 Å². The van der Waals surface area contributed by atoms with Crippen molar-refractivity contribution < 1.29 is 14.7 Å². The zero-order chi connectivity index (χ0) is 15.5. The number of rotatable bonds is 2. The second-order valence-corrected chi connectivity index (χ2v) is 6.79. The van der Waals surface area contributed by atoms with Crippen molar-refractivity contribution in [1.82, 2.24) is 10.2 Å². The number of carboxylic acids is 1. The highest BCUT2D eigenvalue weighted by Gasteiger charge is 2.42. The third kappa shape index (κ3) is 3.50. The number of nitrogens with one attached hydrogen (secondary N) is 1. The monoisotopic (exact) mass is 296 g/mol. The van der Waals surface area contributed by atoms with Crippen LogP contribution in [-0.4, -0.2) is 40.1 Å². The van der Waals surface area contributed by atoms with Crippen molar-refractivity contribution in [2.45, 2.75) is 76.8 Å². The van der Waals surface area contributed by atoms with Crippen molar-refractivity contribution in [3.8, 4) is 0 Å². The van der Waals surface area contributed by atoms with E-state index >= 15 is 0 Å². The van der Waals surface area contributed by atoms with Gasteiger partial charge in [0.2, 0.25) is 0 Å². The number of aliphatic carboxylic acids is 1. The minimum absolute atomic E-state index is 0.176. The quantitative estimate of drug-likeness (QED) is 0.770. The van der Waals surface area contributed by atoms with Crippen LogP contribution in [0.5, 0.6) is 0 Å². The van der Waals surface area contributed by atoms with Crippen LogP contribution in [0.25, 0.3) is 0 Å². The number of piperidine rings is 1. The summed E-state index contributed by atoms with van der Waals surface area (Å²) in [6.45, 7) is 4.94. The topological polar surface area (TPSA) is 69.6 Å². The molecule has 2 unspecified atom stereocenters. The molecule has 0 aromatic heterocycles. The maximum absolute atomic E-state index is 12.6. The molecule has 0 radical (unpaired) electrons. The number of urea groups is 1. The molecule has 2 aliphatic rings. The highest BCUT2D eigenvalue weighted by molar-refractivity contribution is 5.86. The van der Waals surface area contributed by atoms with Gasteiger partial charge in [0.05, 0.1) is 0 Å². The Bertz CT molecular complexity index is 389. The van der Waals surface area contributed by atoms with Crippen molar-refractivity contribution in [2.24, 2.45) is 5.92 Å². The summed E-state index contributed by atoms with van der Waals surface area (Å²) >= 11 is 0. The normalized spacial score (nSPS) is 29.5. The van der Waals surface area contributed by atoms with E-state index in [2.05, 4.69) is 19.2 Å². The first-order valence-electron chi connectivity index (χ1n) is 8.28. The van der Waals surface area contributed by atoms with Crippen LogP contribution in [-0.2, 0) is 4.79 Å². The molecule has 21 heavy (non-hydrogen) atoms. The van der Waals surface area contributed by atoms with E-state index in [0.29, 0.717) is 18.8 Å². The molecule has 2 N–H and O–H groups in total. The van der Waals surface area contributed by atoms with E-state index in [1.54, 1.807) is 0 Å². The molecule has 2 rings (SSSR count). The summed E-state index contributed by atoms with van der Waals surface area (Å²) in [7, 11) is 0. The number of hydrogen-bond donors (Lipinski definition) is 2. The van der Waals surface area contributed by atoms with Crippen molar-refractivity contribution in [1.29, 1.82) is 0 Å². The fourth-order valence-electron chi connectivity index (χ4n) is 3.62. The zero-order valence-corrected chi connectivity index (χ0v) is 13.2. The SMILES string of the molecule is CC1CCCN(C(=O)NC2(C(=O)O)CCCCCC2)C1C. The molecule has 0 aromatic carbocycles. The Kier molecular flexibility index (Phi) is 5.12. The number of carbonyl (C=O) groups is 2. The molecule has 0 aromatic rings. The van der Waals surface area contributed by atoms with Crippen LogP contribution in [0, 0.1) is 5.92 Å². The molecule has 1 saturated heterocycles. The third-order valence-electron chi connectivity index (χ3n) is 5.35. The largest absolute Gasteiger partial charge is 0.480 e. The Morgan fingerprint density at radius 2 is 1.71 bits per heavy atom. The van der Waals surface area contributed by atoms with Crippen LogP contribution < -0.4 is 5.32 Å². The van der Waals surface area contributed by atoms with E-state index in [1.807, 2.05) is 4.90 Å². The summed E-state index contributed by atoms with van der Waals surface area (Å²) < 4.78 is 0. The number of carbonyl (C=O) groups excluding carboxylic acids is 1. The maximum atomic E-state index is 12.6. The van der Waals surface area contributed by atoms with Crippen LogP contribution in [0.15, 0.2) is 0 Å². The lowest BCUT2D eigenvalue weighted by Gasteiger charge is -2.40. The first-order chi connectivity index (χ1) is 9.96. The second-order valence-electron chi connectivity index (χ2n) is 6.79. The molecule has 2 atom stereocenters. The van der Waals surface area contributed by atoms with Gasteiger partial charge in [0, 0.05) is 12.6 Å². The van der Waals surface area contributed by atoms with Gasteiger partial charge in [0.15, 0.2) is 0 Å². The van der Waals surface area contributed by atoms with Crippen molar-refractivity contribution in [3.63, 3.8) is 0 Å². The smallest absolute Gasteiger partial charge is 0.329 e. The molecule has 5 nitrogen and oxygen atoms in total. The highest BCUT2D eigenvalue weighted by Crippen LogP contribution is 2.29. The Morgan fingerprint density at radius 3 is 2.29 bits per heavy atom. The second kappa shape index (κ2) is 6.67. The number of amides is 2. The Balaban J connectivity index is 2.09. The first-order valence-corrected chi connectivity index (χ1v) is 8.28. The van der Waals surface area contributed by atoms with Gasteiger partial charge in [-0.2, -0.15) is 0 Å². The summed E-state index contributed by atoms with van der Waals surface area (Å²) in [5.74, 6) is -0.408. The van der Waals surface area contributed by atoms with Crippen molar-refractivity contribution >= 4 is 12.0 Å². The summed E-state index contributed by atoms with van der Waals surface area (Å²) in [6, 6.07) is -0.0197. The van der Waals surface area contributed by atoms with E-state index in [4.69, 9.17) is 0 Å². The molecule has 5 heteroatoms. The number of likely N-dealkylation sites (tertiary alicyclic amines) is 1. The van der Waals surface area contributed by atoms with Gasteiger partial charge in [-0.05, 0) is 38.5 Å². The number of carboxylic acid groups (broad SMARTS) is 1. The Hall–Kier alpha value is -1.26. The fraction of sp³-hybridized carbons (Fsp3) is 0.875. The molecule has 0 spiro atoms. The zero-order valence-electron chi connectivity index (χ0n) is 13.2. The lowest BCUT2D eigenvalue weighted by atomic mass is 9.89. The Labute approximate surface area is 127 Å². The maximum Gasteiger partial charge on any atom is 0.329 e. The van der Waals surface area contributed by atoms with Gasteiger partial charge < -0.3 is 15.3 Å². The van der Waals surface area contributed by atoms with Gasteiger partial charge >= 0.3 is 12.0 Å². The van der Waals surface area contributed by atoms with Crippen LogP contribution in [0.3, 0.4) is 0 Å². The molecule has 2 amide bonds. The molecule has 1 saturated carbocycles. The van der Waals surface area contributed by atoms with Crippen molar-refractivity contribution in [2.75, 3.05) is 6.54 Å². The lowest BCUT2D eigenvalue weighted by Crippen LogP contribution is -2.60. The molecule has 2 fully saturated rings. The standard InChI is InChI=1S/C16H28N2O3/c1-12-8-7-11-18(13(12)2)15(21)17-16(14(19)20)9-5-3-4-6-10-16/h12-13H,3-11H2,1-2H3,(H,17,21)(H,19,20). The average molecular weight is 296 g/mol. The van der Waals surface area contributed by atoms with Gasteiger partial charge in [-0.15, -0.1) is 0 Å². The summed E-state index contributed by atoms with van der Waals surface area (Å²) in [5.41, 5.74) is -1.06. The molecule has 1 heterocycles. The van der Waals surface area contributed by atoms with E-state index in [9.17, 15) is 14.7 Å². The molecular weight excluding hydrogens is 268 g/mol. The van der Waals surface area contributed by atoms with Gasteiger partial charge in [-0.25, -0.2) is 9.59 Å². The fourth-order valence-corrected chi connectivity index (χ4v) is 3.62. The van der Waals surface area contributed by atoms with E-state index < -0.39 is 11.5 Å². The average Bonchev–Trinajstić information content (AvgIpc) is 2.68. The van der Waals surface area contributed by atoms with Gasteiger partial charge in [-0.1, -0.05) is 32.6 Å². The summed E-state index contributed by atoms with van der Waals surface area (Å²) in [4.78, 5) is 26.2. The van der Waals surface area contributed by atoms with E-state index in [0.717, 1.165) is 45.1 Å². The molecule has 0 bridgehead atoms. The van der Waals surface area contributed by atoms with Crippen LogP contribution in [0.4, 0.5) is 4.79 Å². The van der Waals surface area contributed by atoms with Crippen molar-refractivity contribution in [3.05, 3.63) is 0 Å². The minimum atomic E-state index is -1.06. The predicted octanol–water partition coefficient (Wildman–Crippen LogP) is 2.99. The number of nitrogens with zero attached hydrogens (tertiary/aromatic N) is 1. The number of hydrogen-bond acceptors (Lipinski definition) is 2. The molecule has 120 valence electrons. The molecule has 1 aliphatic heterocycles. The molecular formula is C16H28N2O3. The lowest BCUT2D eigenvalue weighted by molar-refractivity contribution is -0.145.